The summed E-state index contributed by atoms with van der Waals surface area (Å²) >= 11 is 0. The lowest BCUT2D eigenvalue weighted by Crippen LogP contribution is -2.15. The summed E-state index contributed by atoms with van der Waals surface area (Å²) in [5.41, 5.74) is -0.192. The molecule has 0 spiro atoms. The van der Waals surface area contributed by atoms with Gasteiger partial charge in [0.2, 0.25) is 0 Å². The van der Waals surface area contributed by atoms with Gasteiger partial charge in [0.15, 0.2) is 23.9 Å². The third-order valence-electron chi connectivity index (χ3n) is 3.78. The first-order valence-electron chi connectivity index (χ1n) is 8.40. The fourth-order valence-electron chi connectivity index (χ4n) is 2.35. The van der Waals surface area contributed by atoms with Crippen LogP contribution < -0.4 is 14.2 Å². The molecule has 0 atom stereocenters. The van der Waals surface area contributed by atoms with E-state index in [-0.39, 0.29) is 17.1 Å². The second kappa shape index (κ2) is 10.1. The first-order chi connectivity index (χ1) is 14.2. The third kappa shape index (κ3) is 6.12. The second-order valence-corrected chi connectivity index (χ2v) is 5.80. The summed E-state index contributed by atoms with van der Waals surface area (Å²) in [6.07, 6.45) is 0. The number of hydrogen-bond acceptors (Lipinski definition) is 8. The summed E-state index contributed by atoms with van der Waals surface area (Å²) in [5, 5.41) is 11.2. The second-order valence-electron chi connectivity index (χ2n) is 5.80. The molecule has 2 aromatic rings. The van der Waals surface area contributed by atoms with E-state index in [1.807, 2.05) is 0 Å². The number of esters is 1. The Hall–Kier alpha value is -3.76. The Kier molecular flexibility index (Phi) is 7.62. The van der Waals surface area contributed by atoms with E-state index in [4.69, 9.17) is 14.2 Å². The normalized spacial score (nSPS) is 10.4. The standard InChI is InChI=1S/C19H17F2NO8/c1-11(23)12-3-5-14(6-4-12)28-10-18(24)29-9-13-7-16(27-2)17(30-19(20)21)8-15(13)22(25)26/h3-8,19H,9-10H2,1-2H3. The van der Waals surface area contributed by atoms with Gasteiger partial charge in [-0.15, -0.1) is 0 Å². The SMILES string of the molecule is COc1cc(COC(=O)COc2ccc(C(C)=O)cc2)c([N+](=O)[O-])cc1OC(F)F. The number of hydrogen-bond donors (Lipinski definition) is 0. The van der Waals surface area contributed by atoms with Crippen LogP contribution in [-0.2, 0) is 16.1 Å². The maximum absolute atomic E-state index is 12.5. The van der Waals surface area contributed by atoms with Gasteiger partial charge >= 0.3 is 12.6 Å². The van der Waals surface area contributed by atoms with Crippen LogP contribution in [0.5, 0.6) is 17.2 Å². The summed E-state index contributed by atoms with van der Waals surface area (Å²) in [7, 11) is 1.17. The molecule has 9 nitrogen and oxygen atoms in total. The molecular formula is C19H17F2NO8. The lowest BCUT2D eigenvalue weighted by molar-refractivity contribution is -0.386. The zero-order valence-corrected chi connectivity index (χ0v) is 15.9. The quantitative estimate of drug-likeness (QED) is 0.246. The minimum Gasteiger partial charge on any atom is -0.493 e. The number of Topliss-reactive ketones (excluding diaryl/α,β-unsaturated/α-hetero) is 1. The van der Waals surface area contributed by atoms with Crippen molar-refractivity contribution in [1.82, 2.24) is 0 Å². The van der Waals surface area contributed by atoms with Gasteiger partial charge in [0.05, 0.1) is 23.7 Å². The largest absolute Gasteiger partial charge is 0.493 e. The number of carbonyl (C=O) groups is 2. The summed E-state index contributed by atoms with van der Waals surface area (Å²) in [6.45, 7) is -2.80. The molecule has 0 unspecified atom stereocenters. The van der Waals surface area contributed by atoms with Crippen molar-refractivity contribution >= 4 is 17.4 Å². The summed E-state index contributed by atoms with van der Waals surface area (Å²) in [6, 6.07) is 7.90. The summed E-state index contributed by atoms with van der Waals surface area (Å²) < 4.78 is 44.2. The lowest BCUT2D eigenvalue weighted by Gasteiger charge is -2.12. The molecule has 11 heteroatoms. The van der Waals surface area contributed by atoms with Crippen LogP contribution in [0.4, 0.5) is 14.5 Å². The molecule has 2 aromatic carbocycles. The number of alkyl halides is 2. The van der Waals surface area contributed by atoms with Crippen LogP contribution >= 0.6 is 0 Å². The third-order valence-corrected chi connectivity index (χ3v) is 3.78. The van der Waals surface area contributed by atoms with Gasteiger partial charge in [-0.2, -0.15) is 8.78 Å². The maximum atomic E-state index is 12.5. The number of benzene rings is 2. The Morgan fingerprint density at radius 1 is 1.13 bits per heavy atom. The van der Waals surface area contributed by atoms with E-state index in [1.54, 1.807) is 0 Å². The van der Waals surface area contributed by atoms with Gasteiger partial charge < -0.3 is 18.9 Å². The Balaban J connectivity index is 2.03. The average Bonchev–Trinajstić information content (AvgIpc) is 2.70. The van der Waals surface area contributed by atoms with Gasteiger partial charge in [-0.3, -0.25) is 14.9 Å². The molecule has 0 fully saturated rings. The highest BCUT2D eigenvalue weighted by Gasteiger charge is 2.22. The molecule has 0 aromatic heterocycles. The van der Waals surface area contributed by atoms with Crippen molar-refractivity contribution in [3.8, 4) is 17.2 Å². The summed E-state index contributed by atoms with van der Waals surface area (Å²) in [5.74, 6) is -1.34. The van der Waals surface area contributed by atoms with Gasteiger partial charge in [-0.25, -0.2) is 4.79 Å². The number of nitro groups is 1. The van der Waals surface area contributed by atoms with Crippen molar-refractivity contribution in [1.29, 1.82) is 0 Å². The van der Waals surface area contributed by atoms with Crippen LogP contribution in [0.3, 0.4) is 0 Å². The highest BCUT2D eigenvalue weighted by Crippen LogP contribution is 2.36. The molecule has 0 aliphatic heterocycles. The monoisotopic (exact) mass is 425 g/mol. The fourth-order valence-corrected chi connectivity index (χ4v) is 2.35. The number of methoxy groups -OCH3 is 1. The Morgan fingerprint density at radius 3 is 2.33 bits per heavy atom. The smallest absolute Gasteiger partial charge is 0.387 e. The number of carbonyl (C=O) groups excluding carboxylic acids is 2. The maximum Gasteiger partial charge on any atom is 0.387 e. The molecular weight excluding hydrogens is 408 g/mol. The number of nitrogens with zero attached hydrogens (tertiary/aromatic N) is 1. The number of ether oxygens (including phenoxy) is 4. The van der Waals surface area contributed by atoms with Crippen LogP contribution in [-0.4, -0.2) is 37.0 Å². The van der Waals surface area contributed by atoms with Crippen molar-refractivity contribution < 1.29 is 42.2 Å². The first-order valence-corrected chi connectivity index (χ1v) is 8.40. The number of halogens is 2. The van der Waals surface area contributed by atoms with Gasteiger partial charge in [-0.05, 0) is 37.3 Å². The topological polar surface area (TPSA) is 114 Å². The predicted octanol–water partition coefficient (Wildman–Crippen LogP) is 3.53. The summed E-state index contributed by atoms with van der Waals surface area (Å²) in [4.78, 5) is 33.5. The molecule has 0 N–H and O–H groups in total. The molecule has 0 bridgehead atoms. The molecule has 2 rings (SSSR count). The van der Waals surface area contributed by atoms with Gasteiger partial charge in [0.25, 0.3) is 5.69 Å². The lowest BCUT2D eigenvalue weighted by atomic mass is 10.1. The van der Waals surface area contributed by atoms with E-state index in [2.05, 4.69) is 4.74 Å². The van der Waals surface area contributed by atoms with E-state index < -0.39 is 42.2 Å². The molecule has 160 valence electrons. The predicted molar refractivity (Wildman–Crippen MR) is 98.0 cm³/mol. The van der Waals surface area contributed by atoms with Crippen LogP contribution in [0.1, 0.15) is 22.8 Å². The molecule has 0 amide bonds. The fraction of sp³-hybridized carbons (Fsp3) is 0.263. The minimum atomic E-state index is -3.20. The van der Waals surface area contributed by atoms with Gasteiger partial charge in [0.1, 0.15) is 12.4 Å². The van der Waals surface area contributed by atoms with E-state index in [9.17, 15) is 28.5 Å². The molecule has 30 heavy (non-hydrogen) atoms. The Bertz CT molecular complexity index is 931. The van der Waals surface area contributed by atoms with Gasteiger partial charge in [-0.1, -0.05) is 0 Å². The van der Waals surface area contributed by atoms with Crippen molar-refractivity contribution in [2.24, 2.45) is 0 Å². The van der Waals surface area contributed by atoms with Crippen molar-refractivity contribution in [2.45, 2.75) is 20.1 Å². The van der Waals surface area contributed by atoms with Crippen molar-refractivity contribution in [3.63, 3.8) is 0 Å². The Labute approximate surface area is 169 Å². The van der Waals surface area contributed by atoms with Crippen LogP contribution in [0, 0.1) is 10.1 Å². The van der Waals surface area contributed by atoms with Crippen LogP contribution in [0.2, 0.25) is 0 Å². The highest BCUT2D eigenvalue weighted by atomic mass is 19.3. The molecule has 0 saturated heterocycles. The van der Waals surface area contributed by atoms with Crippen molar-refractivity contribution in [2.75, 3.05) is 13.7 Å². The van der Waals surface area contributed by atoms with E-state index in [1.165, 1.54) is 38.3 Å². The van der Waals surface area contributed by atoms with Gasteiger partial charge in [0, 0.05) is 5.56 Å². The zero-order valence-electron chi connectivity index (χ0n) is 15.9. The van der Waals surface area contributed by atoms with Crippen molar-refractivity contribution in [3.05, 3.63) is 57.6 Å². The number of rotatable bonds is 10. The Morgan fingerprint density at radius 2 is 1.80 bits per heavy atom. The number of nitro benzene ring substituents is 1. The van der Waals surface area contributed by atoms with E-state index in [0.717, 1.165) is 12.1 Å². The molecule has 0 heterocycles. The minimum absolute atomic E-state index is 0.0855. The zero-order chi connectivity index (χ0) is 22.3. The first kappa shape index (κ1) is 22.5. The van der Waals surface area contributed by atoms with E-state index in [0.29, 0.717) is 11.3 Å². The molecule has 0 saturated carbocycles. The number of ketones is 1. The molecule has 0 aliphatic carbocycles. The molecule has 0 aliphatic rings. The molecule has 0 radical (unpaired) electrons. The highest BCUT2D eigenvalue weighted by molar-refractivity contribution is 5.94. The average molecular weight is 425 g/mol. The van der Waals surface area contributed by atoms with Crippen LogP contribution in [0.15, 0.2) is 36.4 Å². The van der Waals surface area contributed by atoms with E-state index >= 15 is 0 Å². The van der Waals surface area contributed by atoms with Crippen LogP contribution in [0.25, 0.3) is 0 Å².